The number of phenols is 1. The highest BCUT2D eigenvalue weighted by Gasteiger charge is 2.16. The van der Waals surface area contributed by atoms with E-state index in [1.807, 2.05) is 0 Å². The number of phenolic OH excluding ortho intramolecular Hbond substituents is 1. The molecule has 14 heavy (non-hydrogen) atoms. The van der Waals surface area contributed by atoms with Crippen molar-refractivity contribution in [3.05, 3.63) is 28.3 Å². The summed E-state index contributed by atoms with van der Waals surface area (Å²) in [6.07, 6.45) is 0. The molecule has 1 aromatic carbocycles. The van der Waals surface area contributed by atoms with Gasteiger partial charge in [-0.15, -0.1) is 0 Å². The van der Waals surface area contributed by atoms with Gasteiger partial charge in [-0.1, -0.05) is 11.6 Å². The normalized spacial score (nSPS) is 12.4. The number of hydrogen-bond acceptors (Lipinski definition) is 3. The first-order valence-corrected chi connectivity index (χ1v) is 4.59. The number of hydrogen-bond donors (Lipinski definition) is 2. The number of halogens is 1. The average Bonchev–Trinajstić information content (AvgIpc) is 2.62. The molecule has 4 heteroatoms. The summed E-state index contributed by atoms with van der Waals surface area (Å²) in [5.74, 6) is 0.342. The topological polar surface area (TPSA) is 56.0 Å². The van der Waals surface area contributed by atoms with Gasteiger partial charge in [-0.05, 0) is 17.7 Å². The van der Waals surface area contributed by atoms with Gasteiger partial charge in [0.05, 0.1) is 6.07 Å². The Morgan fingerprint density at radius 1 is 1.43 bits per heavy atom. The molecule has 0 spiro atoms. The number of fused-ring (bicyclic) bond motifs is 1. The maximum atomic E-state index is 9.36. The van der Waals surface area contributed by atoms with Crippen LogP contribution >= 0.6 is 11.6 Å². The summed E-state index contributed by atoms with van der Waals surface area (Å²) in [4.78, 5) is 0. The van der Waals surface area contributed by atoms with Crippen LogP contribution < -0.4 is 5.32 Å². The van der Waals surface area contributed by atoms with Crippen molar-refractivity contribution in [2.24, 2.45) is 0 Å². The monoisotopic (exact) mass is 210 g/mol. The van der Waals surface area contributed by atoms with Crippen LogP contribution in [0.5, 0.6) is 5.75 Å². The Bertz CT molecular complexity index is 342. The lowest BCUT2D eigenvalue weighted by molar-refractivity contribution is 0.468. The highest BCUT2D eigenvalue weighted by Crippen LogP contribution is 2.30. The number of nitrogens with zero attached hydrogens (tertiary/aromatic N) is 1. The van der Waals surface area contributed by atoms with Crippen LogP contribution in [0.2, 0.25) is 5.02 Å². The molecule has 0 amide bonds. The minimum Gasteiger partial charge on any atom is -0.508 e. The summed E-state index contributed by atoms with van der Waals surface area (Å²) in [5, 5.41) is 20.5. The summed E-state index contributed by atoms with van der Waals surface area (Å²) >= 11 is 5.89. The van der Waals surface area contributed by atoms with Gasteiger partial charge in [0.25, 0.3) is 0 Å². The van der Waals surface area contributed by atoms with Crippen molar-refractivity contribution >= 4 is 11.6 Å². The summed E-state index contributed by atoms with van der Waals surface area (Å²) < 4.78 is 0. The van der Waals surface area contributed by atoms with Gasteiger partial charge in [0.1, 0.15) is 5.75 Å². The zero-order valence-electron chi connectivity index (χ0n) is 7.84. The van der Waals surface area contributed by atoms with Gasteiger partial charge >= 0.3 is 0 Å². The van der Waals surface area contributed by atoms with E-state index in [1.54, 1.807) is 18.2 Å². The number of nitrogens with one attached hydrogen (secondary N) is 1. The zero-order chi connectivity index (χ0) is 10.6. The molecule has 0 radical (unpaired) electrons. The molecule has 0 saturated carbocycles. The van der Waals surface area contributed by atoms with Gasteiger partial charge < -0.3 is 10.4 Å². The van der Waals surface area contributed by atoms with Crippen LogP contribution in [0.15, 0.2) is 12.1 Å². The second kappa shape index (κ2) is 4.85. The maximum absolute atomic E-state index is 9.36. The Morgan fingerprint density at radius 2 is 2.00 bits per heavy atom. The molecule has 3 nitrogen and oxygen atoms in total. The standard InChI is InChI=1S/C8H8ClNO.C2H3N/c9-7-1-2-8(11)6-4-10-3-5(6)7;1-2-3/h1-2,10-11H,3-4H2;1H3. The highest BCUT2D eigenvalue weighted by molar-refractivity contribution is 6.31. The van der Waals surface area contributed by atoms with Gasteiger partial charge in [-0.2, -0.15) is 5.26 Å². The van der Waals surface area contributed by atoms with Gasteiger partial charge in [0, 0.05) is 30.6 Å². The van der Waals surface area contributed by atoms with Gasteiger partial charge in [-0.3, -0.25) is 0 Å². The Labute approximate surface area is 87.9 Å². The van der Waals surface area contributed by atoms with Crippen molar-refractivity contribution in [3.63, 3.8) is 0 Å². The number of aromatic hydroxyl groups is 1. The third-order valence-corrected chi connectivity index (χ3v) is 2.31. The number of rotatable bonds is 0. The lowest BCUT2D eigenvalue weighted by Crippen LogP contribution is -2.00. The third-order valence-electron chi connectivity index (χ3n) is 1.95. The van der Waals surface area contributed by atoms with E-state index in [1.165, 1.54) is 6.92 Å². The molecule has 2 N–H and O–H groups in total. The van der Waals surface area contributed by atoms with Crippen LogP contribution in [0.3, 0.4) is 0 Å². The molecule has 0 aromatic heterocycles. The highest BCUT2D eigenvalue weighted by atomic mass is 35.5. The molecule has 0 aliphatic carbocycles. The van der Waals surface area contributed by atoms with E-state index in [9.17, 15) is 5.11 Å². The summed E-state index contributed by atoms with van der Waals surface area (Å²) in [6, 6.07) is 5.11. The Morgan fingerprint density at radius 3 is 2.57 bits per heavy atom. The zero-order valence-corrected chi connectivity index (χ0v) is 8.60. The fourth-order valence-corrected chi connectivity index (χ4v) is 1.60. The van der Waals surface area contributed by atoms with Crippen LogP contribution in [0.1, 0.15) is 18.1 Å². The summed E-state index contributed by atoms with van der Waals surface area (Å²) in [7, 11) is 0. The quantitative estimate of drug-likeness (QED) is 0.690. The van der Waals surface area contributed by atoms with E-state index in [2.05, 4.69) is 5.32 Å². The molecule has 2 rings (SSSR count). The predicted molar refractivity (Wildman–Crippen MR) is 54.9 cm³/mol. The van der Waals surface area contributed by atoms with Crippen molar-refractivity contribution < 1.29 is 5.11 Å². The molecule has 0 unspecified atom stereocenters. The number of nitriles is 1. The van der Waals surface area contributed by atoms with Crippen molar-refractivity contribution in [1.29, 1.82) is 5.26 Å². The Kier molecular flexibility index (Phi) is 3.75. The molecular weight excluding hydrogens is 200 g/mol. The van der Waals surface area contributed by atoms with E-state index in [0.717, 1.165) is 29.2 Å². The number of benzene rings is 1. The Hall–Kier alpha value is -1.24. The van der Waals surface area contributed by atoms with Crippen molar-refractivity contribution in [3.8, 4) is 11.8 Å². The fourth-order valence-electron chi connectivity index (χ4n) is 1.35. The van der Waals surface area contributed by atoms with Crippen molar-refractivity contribution in [2.75, 3.05) is 0 Å². The van der Waals surface area contributed by atoms with E-state index in [0.29, 0.717) is 5.75 Å². The largest absolute Gasteiger partial charge is 0.508 e. The van der Waals surface area contributed by atoms with E-state index < -0.39 is 0 Å². The van der Waals surface area contributed by atoms with Crippen LogP contribution in [0, 0.1) is 11.3 Å². The predicted octanol–water partition coefficient (Wildman–Crippen LogP) is 2.18. The summed E-state index contributed by atoms with van der Waals surface area (Å²) in [6.45, 7) is 2.92. The molecule has 1 aliphatic rings. The molecule has 74 valence electrons. The lowest BCUT2D eigenvalue weighted by atomic mass is 10.1. The van der Waals surface area contributed by atoms with Crippen LogP contribution in [-0.4, -0.2) is 5.11 Å². The molecule has 0 bridgehead atoms. The van der Waals surface area contributed by atoms with Crippen LogP contribution in [-0.2, 0) is 13.1 Å². The average molecular weight is 211 g/mol. The minimum absolute atomic E-state index is 0.342. The third kappa shape index (κ3) is 2.16. The van der Waals surface area contributed by atoms with E-state index in [-0.39, 0.29) is 0 Å². The molecule has 1 aromatic rings. The maximum Gasteiger partial charge on any atom is 0.120 e. The van der Waals surface area contributed by atoms with Gasteiger partial charge in [0.2, 0.25) is 0 Å². The van der Waals surface area contributed by atoms with E-state index >= 15 is 0 Å². The molecule has 0 saturated heterocycles. The van der Waals surface area contributed by atoms with Crippen LogP contribution in [0.4, 0.5) is 0 Å². The fraction of sp³-hybridized carbons (Fsp3) is 0.300. The SMILES string of the molecule is CC#N.Oc1ccc(Cl)c2c1CNC2. The molecule has 1 aliphatic heterocycles. The second-order valence-corrected chi connectivity index (χ2v) is 3.26. The molecule has 0 fully saturated rings. The second-order valence-electron chi connectivity index (χ2n) is 2.85. The molecular formula is C10H11ClN2O. The molecule has 1 heterocycles. The summed E-state index contributed by atoms with van der Waals surface area (Å²) in [5.41, 5.74) is 1.98. The van der Waals surface area contributed by atoms with Crippen molar-refractivity contribution in [2.45, 2.75) is 20.0 Å². The first-order chi connectivity index (χ1) is 6.70. The lowest BCUT2D eigenvalue weighted by Gasteiger charge is -2.01. The first-order valence-electron chi connectivity index (χ1n) is 4.21. The van der Waals surface area contributed by atoms with Gasteiger partial charge in [0.15, 0.2) is 0 Å². The Balaban J connectivity index is 0.000000293. The van der Waals surface area contributed by atoms with Crippen molar-refractivity contribution in [1.82, 2.24) is 5.32 Å². The van der Waals surface area contributed by atoms with Crippen LogP contribution in [0.25, 0.3) is 0 Å². The van der Waals surface area contributed by atoms with E-state index in [4.69, 9.17) is 16.9 Å². The van der Waals surface area contributed by atoms with Gasteiger partial charge in [-0.25, -0.2) is 0 Å². The minimum atomic E-state index is 0.342. The first kappa shape index (κ1) is 10.8. The molecule has 0 atom stereocenters. The smallest absolute Gasteiger partial charge is 0.120 e.